The van der Waals surface area contributed by atoms with Crippen LogP contribution in [0.25, 0.3) is 0 Å². The molecule has 2 atom stereocenters. The molecule has 1 aromatic carbocycles. The summed E-state index contributed by atoms with van der Waals surface area (Å²) in [6.45, 7) is 5.20. The summed E-state index contributed by atoms with van der Waals surface area (Å²) in [5.41, 5.74) is 1.24. The Bertz CT molecular complexity index is 326. The molecule has 0 amide bonds. The van der Waals surface area contributed by atoms with E-state index in [9.17, 15) is 4.21 Å². The standard InChI is InChI=1S/C14H23NOS/c1-3-10-15-14(12-17(16)11-4-2)13-8-6-5-7-9-13/h5-9,14-15H,3-4,10-12H2,1-2H3. The predicted molar refractivity (Wildman–Crippen MR) is 75.6 cm³/mol. The lowest BCUT2D eigenvalue weighted by Crippen LogP contribution is -2.27. The van der Waals surface area contributed by atoms with Crippen LogP contribution in [0.5, 0.6) is 0 Å². The summed E-state index contributed by atoms with van der Waals surface area (Å²) in [4.78, 5) is 0. The van der Waals surface area contributed by atoms with E-state index >= 15 is 0 Å². The van der Waals surface area contributed by atoms with Gasteiger partial charge in [-0.25, -0.2) is 0 Å². The first-order chi connectivity index (χ1) is 8.27. The average molecular weight is 253 g/mol. The second-order valence-electron chi connectivity index (χ2n) is 4.23. The van der Waals surface area contributed by atoms with Gasteiger partial charge in [0, 0.05) is 28.3 Å². The molecule has 0 aliphatic carbocycles. The molecule has 17 heavy (non-hydrogen) atoms. The van der Waals surface area contributed by atoms with Crippen LogP contribution in [-0.2, 0) is 10.8 Å². The summed E-state index contributed by atoms with van der Waals surface area (Å²) in [6, 6.07) is 10.5. The second kappa shape index (κ2) is 8.43. The van der Waals surface area contributed by atoms with Gasteiger partial charge in [0.15, 0.2) is 0 Å². The Morgan fingerprint density at radius 1 is 1.18 bits per heavy atom. The molecular formula is C14H23NOS. The molecule has 0 saturated heterocycles. The molecule has 0 radical (unpaired) electrons. The van der Waals surface area contributed by atoms with Crippen molar-refractivity contribution in [2.24, 2.45) is 0 Å². The number of nitrogens with one attached hydrogen (secondary N) is 1. The van der Waals surface area contributed by atoms with Gasteiger partial charge in [-0.2, -0.15) is 0 Å². The molecule has 2 nitrogen and oxygen atoms in total. The summed E-state index contributed by atoms with van der Waals surface area (Å²) in [5, 5.41) is 3.48. The van der Waals surface area contributed by atoms with Gasteiger partial charge >= 0.3 is 0 Å². The second-order valence-corrected chi connectivity index (χ2v) is 5.85. The van der Waals surface area contributed by atoms with Crippen molar-refractivity contribution in [1.82, 2.24) is 5.32 Å². The third kappa shape index (κ3) is 5.46. The van der Waals surface area contributed by atoms with E-state index in [2.05, 4.69) is 31.3 Å². The molecule has 1 aromatic rings. The summed E-state index contributed by atoms with van der Waals surface area (Å²) in [6.07, 6.45) is 2.09. The summed E-state index contributed by atoms with van der Waals surface area (Å²) < 4.78 is 11.9. The molecule has 0 aliphatic heterocycles. The van der Waals surface area contributed by atoms with E-state index in [1.54, 1.807) is 0 Å². The Labute approximate surface area is 107 Å². The summed E-state index contributed by atoms with van der Waals surface area (Å²) >= 11 is 0. The van der Waals surface area contributed by atoms with Crippen LogP contribution in [-0.4, -0.2) is 22.3 Å². The quantitative estimate of drug-likeness (QED) is 0.772. The maximum Gasteiger partial charge on any atom is 0.0436 e. The fraction of sp³-hybridized carbons (Fsp3) is 0.571. The molecule has 0 aliphatic rings. The average Bonchev–Trinajstić information content (AvgIpc) is 2.36. The molecule has 96 valence electrons. The predicted octanol–water partition coefficient (Wildman–Crippen LogP) is 2.89. The van der Waals surface area contributed by atoms with E-state index in [1.807, 2.05) is 18.2 Å². The lowest BCUT2D eigenvalue weighted by Gasteiger charge is -2.18. The fourth-order valence-corrected chi connectivity index (χ4v) is 3.08. The zero-order valence-electron chi connectivity index (χ0n) is 10.8. The van der Waals surface area contributed by atoms with E-state index in [1.165, 1.54) is 5.56 Å². The van der Waals surface area contributed by atoms with Gasteiger partial charge in [-0.1, -0.05) is 44.2 Å². The van der Waals surface area contributed by atoms with Gasteiger partial charge in [0.25, 0.3) is 0 Å². The molecule has 2 unspecified atom stereocenters. The van der Waals surface area contributed by atoms with E-state index < -0.39 is 10.8 Å². The van der Waals surface area contributed by atoms with E-state index in [0.29, 0.717) is 0 Å². The van der Waals surface area contributed by atoms with Gasteiger partial charge in [0.05, 0.1) is 0 Å². The van der Waals surface area contributed by atoms with Crippen LogP contribution in [0.15, 0.2) is 30.3 Å². The molecule has 0 spiro atoms. The van der Waals surface area contributed by atoms with Crippen molar-refractivity contribution in [2.75, 3.05) is 18.1 Å². The van der Waals surface area contributed by atoms with Gasteiger partial charge < -0.3 is 5.32 Å². The maximum atomic E-state index is 11.9. The van der Waals surface area contributed by atoms with Crippen molar-refractivity contribution in [3.63, 3.8) is 0 Å². The Kier molecular flexibility index (Phi) is 7.13. The summed E-state index contributed by atoms with van der Waals surface area (Å²) in [5.74, 6) is 1.52. The van der Waals surface area contributed by atoms with Crippen molar-refractivity contribution < 1.29 is 4.21 Å². The summed E-state index contributed by atoms with van der Waals surface area (Å²) in [7, 11) is -0.717. The molecular weight excluding hydrogens is 230 g/mol. The molecule has 0 saturated carbocycles. The number of hydrogen-bond acceptors (Lipinski definition) is 2. The largest absolute Gasteiger partial charge is 0.309 e. The zero-order chi connectivity index (χ0) is 12.5. The zero-order valence-corrected chi connectivity index (χ0v) is 11.6. The normalized spacial score (nSPS) is 14.5. The minimum atomic E-state index is -0.717. The lowest BCUT2D eigenvalue weighted by molar-refractivity contribution is 0.569. The number of rotatable bonds is 8. The van der Waals surface area contributed by atoms with Gasteiger partial charge in [0.1, 0.15) is 0 Å². The maximum absolute atomic E-state index is 11.9. The molecule has 0 bridgehead atoms. The topological polar surface area (TPSA) is 29.1 Å². The molecule has 1 N–H and O–H groups in total. The van der Waals surface area contributed by atoms with Gasteiger partial charge in [-0.15, -0.1) is 0 Å². The Hall–Kier alpha value is -0.670. The molecule has 1 rings (SSSR count). The Morgan fingerprint density at radius 3 is 2.47 bits per heavy atom. The van der Waals surface area contributed by atoms with Crippen LogP contribution >= 0.6 is 0 Å². The first kappa shape index (κ1) is 14.4. The Balaban J connectivity index is 2.63. The SMILES string of the molecule is CCCNC(CS(=O)CCC)c1ccccc1. The first-order valence-corrected chi connectivity index (χ1v) is 7.90. The van der Waals surface area contributed by atoms with Crippen molar-refractivity contribution in [1.29, 1.82) is 0 Å². The highest BCUT2D eigenvalue weighted by Crippen LogP contribution is 2.14. The highest BCUT2D eigenvalue weighted by molar-refractivity contribution is 7.85. The minimum absolute atomic E-state index is 0.225. The third-order valence-corrected chi connectivity index (χ3v) is 4.20. The van der Waals surface area contributed by atoms with Crippen molar-refractivity contribution in [2.45, 2.75) is 32.7 Å². The van der Waals surface area contributed by atoms with Crippen LogP contribution in [0.4, 0.5) is 0 Å². The molecule has 0 heterocycles. The fourth-order valence-electron chi connectivity index (χ4n) is 1.77. The molecule has 0 fully saturated rings. The van der Waals surface area contributed by atoms with Gasteiger partial charge in [0.2, 0.25) is 0 Å². The van der Waals surface area contributed by atoms with Crippen LogP contribution in [0.3, 0.4) is 0 Å². The smallest absolute Gasteiger partial charge is 0.0436 e. The lowest BCUT2D eigenvalue weighted by atomic mass is 10.1. The van der Waals surface area contributed by atoms with Crippen LogP contribution < -0.4 is 5.32 Å². The first-order valence-electron chi connectivity index (χ1n) is 6.41. The van der Waals surface area contributed by atoms with E-state index in [4.69, 9.17) is 0 Å². The van der Waals surface area contributed by atoms with Gasteiger partial charge in [-0.3, -0.25) is 4.21 Å². The van der Waals surface area contributed by atoms with Crippen LogP contribution in [0.1, 0.15) is 38.3 Å². The minimum Gasteiger partial charge on any atom is -0.309 e. The molecule has 0 aromatic heterocycles. The van der Waals surface area contributed by atoms with Crippen molar-refractivity contribution >= 4 is 10.8 Å². The van der Waals surface area contributed by atoms with Gasteiger partial charge in [-0.05, 0) is 24.9 Å². The van der Waals surface area contributed by atoms with Crippen molar-refractivity contribution in [3.8, 4) is 0 Å². The van der Waals surface area contributed by atoms with Crippen LogP contribution in [0, 0.1) is 0 Å². The number of benzene rings is 1. The van der Waals surface area contributed by atoms with Crippen LogP contribution in [0.2, 0.25) is 0 Å². The highest BCUT2D eigenvalue weighted by atomic mass is 32.2. The monoisotopic (exact) mass is 253 g/mol. The van der Waals surface area contributed by atoms with E-state index in [0.717, 1.165) is 30.9 Å². The Morgan fingerprint density at radius 2 is 1.88 bits per heavy atom. The highest BCUT2D eigenvalue weighted by Gasteiger charge is 2.13. The third-order valence-electron chi connectivity index (χ3n) is 2.63. The van der Waals surface area contributed by atoms with E-state index in [-0.39, 0.29) is 6.04 Å². The van der Waals surface area contributed by atoms with Crippen molar-refractivity contribution in [3.05, 3.63) is 35.9 Å². The molecule has 3 heteroatoms. The number of hydrogen-bond donors (Lipinski definition) is 1.